The van der Waals surface area contributed by atoms with Crippen LogP contribution in [-0.4, -0.2) is 22.5 Å². The first kappa shape index (κ1) is 13.2. The van der Waals surface area contributed by atoms with Gasteiger partial charge < -0.3 is 10.1 Å². The van der Waals surface area contributed by atoms with Gasteiger partial charge in [0.15, 0.2) is 0 Å². The summed E-state index contributed by atoms with van der Waals surface area (Å²) in [6, 6.07) is 0. The summed E-state index contributed by atoms with van der Waals surface area (Å²) < 4.78 is 5.13. The van der Waals surface area contributed by atoms with Crippen LogP contribution < -0.4 is 5.32 Å². The van der Waals surface area contributed by atoms with E-state index in [4.69, 9.17) is 4.74 Å². The highest BCUT2D eigenvalue weighted by Crippen LogP contribution is 2.18. The molecule has 92 valence electrons. The van der Waals surface area contributed by atoms with E-state index in [0.29, 0.717) is 18.2 Å². The van der Waals surface area contributed by atoms with E-state index in [2.05, 4.69) is 15.3 Å². The smallest absolute Gasteiger partial charge is 0.222 e. The van der Waals surface area contributed by atoms with Gasteiger partial charge in [-0.15, -0.1) is 0 Å². The lowest BCUT2D eigenvalue weighted by atomic mass is 10.2. The third-order valence-corrected chi connectivity index (χ3v) is 2.04. The van der Waals surface area contributed by atoms with E-state index in [1.165, 1.54) is 6.92 Å². The summed E-state index contributed by atoms with van der Waals surface area (Å²) in [4.78, 5) is 19.5. The number of carbonyl (C=O) groups is 1. The van der Waals surface area contributed by atoms with Crippen molar-refractivity contribution in [2.75, 3.05) is 11.9 Å². The maximum absolute atomic E-state index is 11.1. The van der Waals surface area contributed by atoms with E-state index in [1.54, 1.807) is 19.3 Å². The van der Waals surface area contributed by atoms with E-state index in [1.807, 2.05) is 13.8 Å². The van der Waals surface area contributed by atoms with Gasteiger partial charge in [-0.05, 0) is 26.8 Å². The molecule has 5 nitrogen and oxygen atoms in total. The summed E-state index contributed by atoms with van der Waals surface area (Å²) >= 11 is 0. The van der Waals surface area contributed by atoms with Gasteiger partial charge in [-0.25, -0.2) is 9.97 Å². The maximum atomic E-state index is 11.1. The monoisotopic (exact) mass is 235 g/mol. The highest BCUT2D eigenvalue weighted by atomic mass is 16.5. The van der Waals surface area contributed by atoms with Gasteiger partial charge in [0, 0.05) is 12.5 Å². The molecule has 0 aliphatic heterocycles. The molecule has 0 radical (unpaired) electrons. The third kappa shape index (κ3) is 3.86. The fraction of sp³-hybridized carbons (Fsp3) is 0.417. The molecule has 0 aliphatic rings. The maximum Gasteiger partial charge on any atom is 0.222 e. The lowest BCUT2D eigenvalue weighted by Gasteiger charge is -2.09. The highest BCUT2D eigenvalue weighted by molar-refractivity contribution is 5.90. The molecule has 0 saturated heterocycles. The van der Waals surface area contributed by atoms with Crippen LogP contribution in [0.25, 0.3) is 6.08 Å². The van der Waals surface area contributed by atoms with E-state index >= 15 is 0 Å². The molecule has 1 aromatic heterocycles. The van der Waals surface area contributed by atoms with E-state index in [9.17, 15) is 4.79 Å². The van der Waals surface area contributed by atoms with Crippen molar-refractivity contribution in [2.45, 2.75) is 27.7 Å². The molecule has 1 N–H and O–H groups in total. The molecule has 0 aromatic carbocycles. The molecule has 0 aliphatic carbocycles. The second-order valence-corrected chi connectivity index (χ2v) is 3.56. The van der Waals surface area contributed by atoms with Crippen molar-refractivity contribution in [3.63, 3.8) is 0 Å². The molecule has 0 saturated carbocycles. The van der Waals surface area contributed by atoms with Gasteiger partial charge in [0.1, 0.15) is 11.6 Å². The number of carbonyl (C=O) groups excluding carboxylic acids is 1. The lowest BCUT2D eigenvalue weighted by molar-refractivity contribution is -0.114. The number of nitrogens with zero attached hydrogens (tertiary/aromatic N) is 2. The molecule has 0 bridgehead atoms. The van der Waals surface area contributed by atoms with Crippen LogP contribution in [0.1, 0.15) is 30.9 Å². The number of anilines is 1. The van der Waals surface area contributed by atoms with Crippen molar-refractivity contribution in [3.05, 3.63) is 23.3 Å². The number of hydrogen-bond acceptors (Lipinski definition) is 4. The minimum atomic E-state index is -0.159. The quantitative estimate of drug-likeness (QED) is 0.811. The summed E-state index contributed by atoms with van der Waals surface area (Å²) in [5, 5.41) is 2.69. The molecule has 0 atom stereocenters. The molecule has 0 fully saturated rings. The molecule has 1 rings (SSSR count). The number of nitrogens with one attached hydrogen (secondary N) is 1. The van der Waals surface area contributed by atoms with Crippen LogP contribution in [0, 0.1) is 13.8 Å². The Hall–Kier alpha value is -1.91. The minimum Gasteiger partial charge on any atom is -0.501 e. The second-order valence-electron chi connectivity index (χ2n) is 3.56. The van der Waals surface area contributed by atoms with Gasteiger partial charge in [-0.1, -0.05) is 0 Å². The normalized spacial score (nSPS) is 10.6. The number of aromatic nitrogens is 2. The van der Waals surface area contributed by atoms with Crippen molar-refractivity contribution in [1.82, 2.24) is 9.97 Å². The fourth-order valence-corrected chi connectivity index (χ4v) is 1.40. The number of hydrogen-bond donors (Lipinski definition) is 1. The Labute approximate surface area is 101 Å². The summed E-state index contributed by atoms with van der Waals surface area (Å²) in [5.41, 5.74) is 1.57. The zero-order chi connectivity index (χ0) is 12.8. The SMILES string of the molecule is CCO/C=C\c1c(C)nc(C)nc1NC(C)=O. The van der Waals surface area contributed by atoms with Crippen molar-refractivity contribution >= 4 is 17.8 Å². The molecule has 5 heteroatoms. The van der Waals surface area contributed by atoms with Crippen LogP contribution in [0.2, 0.25) is 0 Å². The fourth-order valence-electron chi connectivity index (χ4n) is 1.40. The van der Waals surface area contributed by atoms with Crippen LogP contribution in [-0.2, 0) is 9.53 Å². The number of amides is 1. The first-order valence-corrected chi connectivity index (χ1v) is 5.45. The lowest BCUT2D eigenvalue weighted by Crippen LogP contribution is -2.11. The predicted molar refractivity (Wildman–Crippen MR) is 66.5 cm³/mol. The third-order valence-electron chi connectivity index (χ3n) is 2.04. The average molecular weight is 235 g/mol. The van der Waals surface area contributed by atoms with Crippen molar-refractivity contribution in [2.24, 2.45) is 0 Å². The zero-order valence-corrected chi connectivity index (χ0v) is 10.6. The molecule has 17 heavy (non-hydrogen) atoms. The first-order chi connectivity index (χ1) is 8.04. The van der Waals surface area contributed by atoms with Gasteiger partial charge in [-0.3, -0.25) is 4.79 Å². The summed E-state index contributed by atoms with van der Waals surface area (Å²) in [6.07, 6.45) is 3.33. The van der Waals surface area contributed by atoms with Gasteiger partial charge in [0.25, 0.3) is 0 Å². The Morgan fingerprint density at radius 2 is 2.12 bits per heavy atom. The summed E-state index contributed by atoms with van der Waals surface area (Å²) in [5.74, 6) is 0.979. The molecular formula is C12H17N3O2. The van der Waals surface area contributed by atoms with E-state index < -0.39 is 0 Å². The van der Waals surface area contributed by atoms with Gasteiger partial charge >= 0.3 is 0 Å². The molecular weight excluding hydrogens is 218 g/mol. The Kier molecular flexibility index (Phi) is 4.63. The molecule has 1 amide bonds. The van der Waals surface area contributed by atoms with Crippen LogP contribution >= 0.6 is 0 Å². The number of rotatable bonds is 4. The van der Waals surface area contributed by atoms with Gasteiger partial charge in [-0.2, -0.15) is 0 Å². The summed E-state index contributed by atoms with van der Waals surface area (Å²) in [6.45, 7) is 7.60. The Morgan fingerprint density at radius 3 is 2.71 bits per heavy atom. The second kappa shape index (κ2) is 5.98. The van der Waals surface area contributed by atoms with Crippen molar-refractivity contribution in [1.29, 1.82) is 0 Å². The average Bonchev–Trinajstić information content (AvgIpc) is 2.21. The van der Waals surface area contributed by atoms with Gasteiger partial charge in [0.2, 0.25) is 5.91 Å². The van der Waals surface area contributed by atoms with Crippen molar-refractivity contribution < 1.29 is 9.53 Å². The molecule has 1 heterocycles. The van der Waals surface area contributed by atoms with Crippen LogP contribution in [0.15, 0.2) is 6.26 Å². The van der Waals surface area contributed by atoms with Gasteiger partial charge in [0.05, 0.1) is 18.6 Å². The standard InChI is InChI=1S/C12H17N3O2/c1-5-17-7-6-11-8(2)13-9(3)14-12(11)15-10(4)16/h6-7H,5H2,1-4H3,(H,13,14,15,16)/b7-6-. The van der Waals surface area contributed by atoms with Crippen molar-refractivity contribution in [3.8, 4) is 0 Å². The number of aryl methyl sites for hydroxylation is 2. The Morgan fingerprint density at radius 1 is 1.41 bits per heavy atom. The molecule has 0 unspecified atom stereocenters. The minimum absolute atomic E-state index is 0.159. The predicted octanol–water partition coefficient (Wildman–Crippen LogP) is 2.06. The first-order valence-electron chi connectivity index (χ1n) is 5.45. The van der Waals surface area contributed by atoms with Crippen LogP contribution in [0.5, 0.6) is 0 Å². The van der Waals surface area contributed by atoms with E-state index in [0.717, 1.165) is 11.3 Å². The Balaban J connectivity index is 3.10. The highest BCUT2D eigenvalue weighted by Gasteiger charge is 2.08. The summed E-state index contributed by atoms with van der Waals surface area (Å²) in [7, 11) is 0. The largest absolute Gasteiger partial charge is 0.501 e. The molecule has 0 spiro atoms. The topological polar surface area (TPSA) is 64.1 Å². The zero-order valence-electron chi connectivity index (χ0n) is 10.6. The van der Waals surface area contributed by atoms with Crippen LogP contribution in [0.3, 0.4) is 0 Å². The van der Waals surface area contributed by atoms with Crippen LogP contribution in [0.4, 0.5) is 5.82 Å². The number of ether oxygens (including phenoxy) is 1. The molecule has 1 aromatic rings. The Bertz CT molecular complexity index is 442. The van der Waals surface area contributed by atoms with E-state index in [-0.39, 0.29) is 5.91 Å².